The number of anilines is 1. The number of aryl methyl sites for hydroxylation is 1. The molecule has 0 atom stereocenters. The molecule has 2 aromatic carbocycles. The molecule has 1 aliphatic rings. The second-order valence-electron chi connectivity index (χ2n) is 7.23. The molecule has 1 saturated heterocycles. The van der Waals surface area contributed by atoms with E-state index in [-0.39, 0.29) is 11.6 Å². The number of carbonyl (C=O) groups is 1. The van der Waals surface area contributed by atoms with Gasteiger partial charge in [0.15, 0.2) is 0 Å². The zero-order valence-corrected chi connectivity index (χ0v) is 16.1. The Kier molecular flexibility index (Phi) is 7.00. The van der Waals surface area contributed by atoms with E-state index in [9.17, 15) is 14.9 Å². The molecule has 1 aliphatic heterocycles. The van der Waals surface area contributed by atoms with E-state index in [2.05, 4.69) is 34.5 Å². The molecule has 1 heterocycles. The molecule has 1 N–H and O–H groups in total. The Morgan fingerprint density at radius 2 is 1.75 bits per heavy atom. The highest BCUT2D eigenvalue weighted by Crippen LogP contribution is 2.20. The van der Waals surface area contributed by atoms with Crippen LogP contribution in [0.25, 0.3) is 0 Å². The molecular weight excluding hydrogens is 354 g/mol. The molecule has 0 unspecified atom stereocenters. The number of amides is 1. The van der Waals surface area contributed by atoms with Crippen molar-refractivity contribution in [1.82, 2.24) is 5.32 Å². The van der Waals surface area contributed by atoms with Crippen LogP contribution in [0.4, 0.5) is 11.4 Å². The highest BCUT2D eigenvalue weighted by atomic mass is 16.6. The summed E-state index contributed by atoms with van der Waals surface area (Å²) in [6, 6.07) is 14.5. The van der Waals surface area contributed by atoms with Gasteiger partial charge in [-0.05, 0) is 49.4 Å². The first-order valence-corrected chi connectivity index (χ1v) is 10.00. The van der Waals surface area contributed by atoms with Gasteiger partial charge in [0, 0.05) is 43.0 Å². The van der Waals surface area contributed by atoms with Gasteiger partial charge in [-0.25, -0.2) is 0 Å². The summed E-state index contributed by atoms with van der Waals surface area (Å²) in [5.74, 6) is -0.278. The average molecular weight is 381 g/mol. The van der Waals surface area contributed by atoms with Crippen molar-refractivity contribution in [3.8, 4) is 0 Å². The fraction of sp³-hybridized carbons (Fsp3) is 0.409. The number of nitro benzene ring substituents is 1. The second-order valence-corrected chi connectivity index (χ2v) is 7.23. The number of nitrogens with zero attached hydrogens (tertiary/aromatic N) is 2. The van der Waals surface area contributed by atoms with Gasteiger partial charge in [0.2, 0.25) is 0 Å². The van der Waals surface area contributed by atoms with E-state index in [1.165, 1.54) is 55.1 Å². The van der Waals surface area contributed by atoms with Gasteiger partial charge in [0.1, 0.15) is 0 Å². The number of hydrogen-bond acceptors (Lipinski definition) is 4. The third-order valence-electron chi connectivity index (χ3n) is 5.15. The molecule has 2 aromatic rings. The zero-order chi connectivity index (χ0) is 19.8. The van der Waals surface area contributed by atoms with Crippen LogP contribution >= 0.6 is 0 Å². The van der Waals surface area contributed by atoms with Crippen LogP contribution in [0.5, 0.6) is 0 Å². The second kappa shape index (κ2) is 9.88. The van der Waals surface area contributed by atoms with Crippen LogP contribution in [0.3, 0.4) is 0 Å². The molecule has 0 saturated carbocycles. The third kappa shape index (κ3) is 5.55. The molecular formula is C22H27N3O3. The first-order chi connectivity index (χ1) is 13.6. The Bertz CT molecular complexity index is 797. The summed E-state index contributed by atoms with van der Waals surface area (Å²) < 4.78 is 0. The topological polar surface area (TPSA) is 75.5 Å². The monoisotopic (exact) mass is 381 g/mol. The van der Waals surface area contributed by atoms with E-state index in [0.717, 1.165) is 25.9 Å². The molecule has 0 aliphatic carbocycles. The predicted molar refractivity (Wildman–Crippen MR) is 111 cm³/mol. The largest absolute Gasteiger partial charge is 0.372 e. The van der Waals surface area contributed by atoms with E-state index >= 15 is 0 Å². The minimum atomic E-state index is -0.494. The van der Waals surface area contributed by atoms with Crippen LogP contribution in [0.2, 0.25) is 0 Å². The van der Waals surface area contributed by atoms with Gasteiger partial charge >= 0.3 is 0 Å². The fourth-order valence-electron chi connectivity index (χ4n) is 3.56. The molecule has 0 spiro atoms. The van der Waals surface area contributed by atoms with Crippen LogP contribution in [0.15, 0.2) is 48.5 Å². The van der Waals surface area contributed by atoms with Gasteiger partial charge in [0.25, 0.3) is 11.6 Å². The van der Waals surface area contributed by atoms with Crippen molar-refractivity contribution in [2.24, 2.45) is 0 Å². The van der Waals surface area contributed by atoms with Gasteiger partial charge in [-0.2, -0.15) is 0 Å². The lowest BCUT2D eigenvalue weighted by atomic mass is 10.1. The van der Waals surface area contributed by atoms with Crippen LogP contribution < -0.4 is 10.2 Å². The van der Waals surface area contributed by atoms with E-state index in [1.54, 1.807) is 6.07 Å². The Labute approximate surface area is 165 Å². The number of hydrogen-bond donors (Lipinski definition) is 1. The summed E-state index contributed by atoms with van der Waals surface area (Å²) in [5, 5.41) is 13.6. The quantitative estimate of drug-likeness (QED) is 0.440. The molecule has 1 fully saturated rings. The van der Waals surface area contributed by atoms with E-state index in [4.69, 9.17) is 0 Å². The number of non-ortho nitro benzene ring substituents is 1. The summed E-state index contributed by atoms with van der Waals surface area (Å²) in [5.41, 5.74) is 2.79. The lowest BCUT2D eigenvalue weighted by molar-refractivity contribution is -0.384. The molecule has 3 rings (SSSR count). The number of benzene rings is 2. The lowest BCUT2D eigenvalue weighted by Crippen LogP contribution is -2.25. The normalized spacial score (nSPS) is 14.4. The minimum absolute atomic E-state index is 0.0721. The van der Waals surface area contributed by atoms with Crippen molar-refractivity contribution in [2.45, 2.75) is 38.5 Å². The molecule has 28 heavy (non-hydrogen) atoms. The van der Waals surface area contributed by atoms with E-state index in [0.29, 0.717) is 12.1 Å². The first-order valence-electron chi connectivity index (χ1n) is 10.00. The number of carbonyl (C=O) groups excluding carboxylic acids is 1. The molecule has 148 valence electrons. The van der Waals surface area contributed by atoms with Crippen molar-refractivity contribution in [2.75, 3.05) is 24.5 Å². The maximum absolute atomic E-state index is 12.1. The smallest absolute Gasteiger partial charge is 0.270 e. The Morgan fingerprint density at radius 1 is 1.04 bits per heavy atom. The Hall–Kier alpha value is -2.89. The van der Waals surface area contributed by atoms with Gasteiger partial charge in [0.05, 0.1) is 4.92 Å². The molecule has 0 aromatic heterocycles. The highest BCUT2D eigenvalue weighted by Gasteiger charge is 2.11. The van der Waals surface area contributed by atoms with Crippen molar-refractivity contribution in [3.63, 3.8) is 0 Å². The summed E-state index contributed by atoms with van der Waals surface area (Å²) in [4.78, 5) is 24.9. The van der Waals surface area contributed by atoms with Gasteiger partial charge < -0.3 is 10.2 Å². The van der Waals surface area contributed by atoms with Crippen LogP contribution in [-0.4, -0.2) is 30.5 Å². The minimum Gasteiger partial charge on any atom is -0.372 e. The molecule has 0 radical (unpaired) electrons. The average Bonchev–Trinajstić information content (AvgIpc) is 3.01. The maximum Gasteiger partial charge on any atom is 0.270 e. The van der Waals surface area contributed by atoms with E-state index in [1.807, 2.05) is 0 Å². The Morgan fingerprint density at radius 3 is 2.43 bits per heavy atom. The van der Waals surface area contributed by atoms with Crippen molar-refractivity contribution >= 4 is 17.3 Å². The van der Waals surface area contributed by atoms with Gasteiger partial charge in [-0.3, -0.25) is 14.9 Å². The molecule has 1 amide bonds. The summed E-state index contributed by atoms with van der Waals surface area (Å²) >= 11 is 0. The molecule has 6 nitrogen and oxygen atoms in total. The van der Waals surface area contributed by atoms with Crippen LogP contribution in [-0.2, 0) is 6.42 Å². The van der Waals surface area contributed by atoms with Crippen molar-refractivity contribution in [1.29, 1.82) is 0 Å². The third-order valence-corrected chi connectivity index (χ3v) is 5.15. The summed E-state index contributed by atoms with van der Waals surface area (Å²) in [7, 11) is 0. The van der Waals surface area contributed by atoms with Crippen molar-refractivity contribution < 1.29 is 9.72 Å². The maximum atomic E-state index is 12.1. The van der Waals surface area contributed by atoms with Crippen LogP contribution in [0, 0.1) is 10.1 Å². The standard InChI is InChI=1S/C22H27N3O3/c26-22(19-8-5-9-21(17-19)25(27)28)23-14-6-7-18-10-12-20(13-11-18)24-15-3-1-2-4-16-24/h5,8-13,17H,1-4,6-7,14-16H2,(H,23,26). The highest BCUT2D eigenvalue weighted by molar-refractivity contribution is 5.94. The van der Waals surface area contributed by atoms with Gasteiger partial charge in [-0.15, -0.1) is 0 Å². The first kappa shape index (κ1) is 19.9. The summed E-state index contributed by atoms with van der Waals surface area (Å²) in [6.07, 6.45) is 6.91. The number of nitro groups is 1. The fourth-order valence-corrected chi connectivity index (χ4v) is 3.56. The Balaban J connectivity index is 1.44. The summed E-state index contributed by atoms with van der Waals surface area (Å²) in [6.45, 7) is 2.82. The zero-order valence-electron chi connectivity index (χ0n) is 16.1. The molecule has 0 bridgehead atoms. The lowest BCUT2D eigenvalue weighted by Gasteiger charge is -2.22. The predicted octanol–water partition coefficient (Wildman–Crippen LogP) is 4.34. The SMILES string of the molecule is O=C(NCCCc1ccc(N2CCCCCC2)cc1)c1cccc([N+](=O)[O-])c1. The van der Waals surface area contributed by atoms with Crippen molar-refractivity contribution in [3.05, 3.63) is 69.8 Å². The molecule has 6 heteroatoms. The number of rotatable bonds is 7. The van der Waals surface area contributed by atoms with Crippen LogP contribution in [0.1, 0.15) is 48.0 Å². The van der Waals surface area contributed by atoms with E-state index < -0.39 is 4.92 Å². The number of nitrogens with one attached hydrogen (secondary N) is 1. The van der Waals surface area contributed by atoms with Gasteiger partial charge in [-0.1, -0.05) is 31.0 Å².